The Bertz CT molecular complexity index is 148. The molecule has 0 saturated heterocycles. The molecule has 1 atom stereocenters. The highest BCUT2D eigenvalue weighted by Crippen LogP contribution is 2.35. The van der Waals surface area contributed by atoms with Crippen LogP contribution < -0.4 is 0 Å². The van der Waals surface area contributed by atoms with Gasteiger partial charge in [0.05, 0.1) is 5.60 Å². The second kappa shape index (κ2) is 5.72. The average molecular weight is 200 g/mol. The molecule has 2 heteroatoms. The zero-order chi connectivity index (χ0) is 10.4. The van der Waals surface area contributed by atoms with Crippen LogP contribution in [0.1, 0.15) is 51.9 Å². The van der Waals surface area contributed by atoms with E-state index < -0.39 is 5.60 Å². The molecule has 0 aliphatic heterocycles. The zero-order valence-corrected chi connectivity index (χ0v) is 9.59. The molecule has 1 aliphatic carbocycles. The third-order valence-electron chi connectivity index (χ3n) is 3.52. The van der Waals surface area contributed by atoms with E-state index in [9.17, 15) is 5.11 Å². The highest BCUT2D eigenvalue weighted by molar-refractivity contribution is 4.84. The maximum absolute atomic E-state index is 10.3. The lowest BCUT2D eigenvalue weighted by atomic mass is 9.76. The summed E-state index contributed by atoms with van der Waals surface area (Å²) in [6, 6.07) is 0. The summed E-state index contributed by atoms with van der Waals surface area (Å²) in [5, 5.41) is 10.3. The van der Waals surface area contributed by atoms with Gasteiger partial charge in [0.1, 0.15) is 0 Å². The van der Waals surface area contributed by atoms with E-state index in [1.165, 1.54) is 32.1 Å². The second-order valence-electron chi connectivity index (χ2n) is 4.79. The van der Waals surface area contributed by atoms with Crippen molar-refractivity contribution in [3.63, 3.8) is 0 Å². The van der Waals surface area contributed by atoms with Gasteiger partial charge in [0.15, 0.2) is 0 Å². The van der Waals surface area contributed by atoms with Crippen LogP contribution in [0.4, 0.5) is 0 Å². The first-order valence-corrected chi connectivity index (χ1v) is 5.88. The predicted octanol–water partition coefficient (Wildman–Crippen LogP) is 2.74. The van der Waals surface area contributed by atoms with Gasteiger partial charge in [-0.1, -0.05) is 19.3 Å². The summed E-state index contributed by atoms with van der Waals surface area (Å²) in [4.78, 5) is 0. The molecule has 1 saturated carbocycles. The fourth-order valence-electron chi connectivity index (χ4n) is 2.50. The minimum Gasteiger partial charge on any atom is -0.390 e. The van der Waals surface area contributed by atoms with Crippen LogP contribution in [-0.4, -0.2) is 24.4 Å². The Kier molecular flexibility index (Phi) is 4.90. The zero-order valence-electron chi connectivity index (χ0n) is 9.59. The van der Waals surface area contributed by atoms with E-state index in [1.54, 1.807) is 7.11 Å². The van der Waals surface area contributed by atoms with Gasteiger partial charge in [0.25, 0.3) is 0 Å². The van der Waals surface area contributed by atoms with E-state index in [0.29, 0.717) is 5.92 Å². The van der Waals surface area contributed by atoms with Gasteiger partial charge in [-0.05, 0) is 38.5 Å². The van der Waals surface area contributed by atoms with Gasteiger partial charge in [0.2, 0.25) is 0 Å². The van der Waals surface area contributed by atoms with E-state index >= 15 is 0 Å². The highest BCUT2D eigenvalue weighted by Gasteiger charge is 2.31. The van der Waals surface area contributed by atoms with Crippen LogP contribution in [0.25, 0.3) is 0 Å². The lowest BCUT2D eigenvalue weighted by molar-refractivity contribution is -0.0289. The molecule has 0 bridgehead atoms. The van der Waals surface area contributed by atoms with Crippen LogP contribution in [0.5, 0.6) is 0 Å². The first kappa shape index (κ1) is 12.0. The SMILES string of the molecule is COCCCC(C)(O)C1CCCCC1. The van der Waals surface area contributed by atoms with E-state index in [-0.39, 0.29) is 0 Å². The van der Waals surface area contributed by atoms with Crippen LogP contribution >= 0.6 is 0 Å². The van der Waals surface area contributed by atoms with Crippen LogP contribution in [0.2, 0.25) is 0 Å². The van der Waals surface area contributed by atoms with E-state index in [2.05, 4.69) is 0 Å². The largest absolute Gasteiger partial charge is 0.390 e. The molecule has 1 aliphatic rings. The van der Waals surface area contributed by atoms with Gasteiger partial charge in [-0.15, -0.1) is 0 Å². The van der Waals surface area contributed by atoms with Crippen molar-refractivity contribution in [3.05, 3.63) is 0 Å². The van der Waals surface area contributed by atoms with Crippen LogP contribution in [0.15, 0.2) is 0 Å². The van der Waals surface area contributed by atoms with Gasteiger partial charge in [-0.2, -0.15) is 0 Å². The highest BCUT2D eigenvalue weighted by atomic mass is 16.5. The van der Waals surface area contributed by atoms with Crippen molar-refractivity contribution >= 4 is 0 Å². The van der Waals surface area contributed by atoms with Crippen LogP contribution in [0.3, 0.4) is 0 Å². The molecule has 84 valence electrons. The van der Waals surface area contributed by atoms with Gasteiger partial charge < -0.3 is 9.84 Å². The van der Waals surface area contributed by atoms with Gasteiger partial charge in [0, 0.05) is 13.7 Å². The van der Waals surface area contributed by atoms with E-state index in [1.807, 2.05) is 6.92 Å². The smallest absolute Gasteiger partial charge is 0.0648 e. The van der Waals surface area contributed by atoms with Gasteiger partial charge >= 0.3 is 0 Å². The van der Waals surface area contributed by atoms with Crippen molar-refractivity contribution in [2.45, 2.75) is 57.5 Å². The number of hydrogen-bond donors (Lipinski definition) is 1. The molecular formula is C12H24O2. The first-order valence-electron chi connectivity index (χ1n) is 5.88. The number of hydrogen-bond acceptors (Lipinski definition) is 2. The molecular weight excluding hydrogens is 176 g/mol. The molecule has 1 rings (SSSR count). The summed E-state index contributed by atoms with van der Waals surface area (Å²) < 4.78 is 5.01. The molecule has 0 aromatic carbocycles. The van der Waals surface area contributed by atoms with Gasteiger partial charge in [-0.3, -0.25) is 0 Å². The summed E-state index contributed by atoms with van der Waals surface area (Å²) >= 11 is 0. The van der Waals surface area contributed by atoms with Crippen molar-refractivity contribution in [3.8, 4) is 0 Å². The quantitative estimate of drug-likeness (QED) is 0.691. The normalized spacial score (nSPS) is 23.4. The summed E-state index contributed by atoms with van der Waals surface area (Å²) in [6.45, 7) is 2.77. The van der Waals surface area contributed by atoms with Crippen molar-refractivity contribution in [2.24, 2.45) is 5.92 Å². The Morgan fingerprint density at radius 1 is 1.29 bits per heavy atom. The minimum absolute atomic E-state index is 0.459. The molecule has 0 spiro atoms. The molecule has 0 amide bonds. The third-order valence-corrected chi connectivity index (χ3v) is 3.52. The molecule has 0 aromatic heterocycles. The molecule has 1 unspecified atom stereocenters. The third kappa shape index (κ3) is 3.58. The predicted molar refractivity (Wildman–Crippen MR) is 58.3 cm³/mol. The summed E-state index contributed by atoms with van der Waals surface area (Å²) in [5.41, 5.74) is -0.459. The molecule has 1 fully saturated rings. The van der Waals surface area contributed by atoms with Crippen molar-refractivity contribution in [1.29, 1.82) is 0 Å². The molecule has 0 heterocycles. The number of aliphatic hydroxyl groups is 1. The Hall–Kier alpha value is -0.0800. The molecule has 0 aromatic rings. The Balaban J connectivity index is 2.29. The van der Waals surface area contributed by atoms with Crippen LogP contribution in [0, 0.1) is 5.92 Å². The fraction of sp³-hybridized carbons (Fsp3) is 1.00. The number of rotatable bonds is 5. The summed E-state index contributed by atoms with van der Waals surface area (Å²) in [5.74, 6) is 0.521. The summed E-state index contributed by atoms with van der Waals surface area (Å²) in [6.07, 6.45) is 8.21. The fourth-order valence-corrected chi connectivity index (χ4v) is 2.50. The lowest BCUT2D eigenvalue weighted by Gasteiger charge is -2.35. The van der Waals surface area contributed by atoms with E-state index in [4.69, 9.17) is 4.74 Å². The topological polar surface area (TPSA) is 29.5 Å². The molecule has 14 heavy (non-hydrogen) atoms. The Morgan fingerprint density at radius 3 is 2.50 bits per heavy atom. The summed E-state index contributed by atoms with van der Waals surface area (Å²) in [7, 11) is 1.72. The lowest BCUT2D eigenvalue weighted by Crippen LogP contribution is -2.36. The average Bonchev–Trinajstić information content (AvgIpc) is 2.19. The first-order chi connectivity index (χ1) is 6.67. The maximum atomic E-state index is 10.3. The van der Waals surface area contributed by atoms with Crippen molar-refractivity contribution < 1.29 is 9.84 Å². The Morgan fingerprint density at radius 2 is 1.93 bits per heavy atom. The minimum atomic E-state index is -0.459. The van der Waals surface area contributed by atoms with Gasteiger partial charge in [-0.25, -0.2) is 0 Å². The molecule has 1 N–H and O–H groups in total. The number of methoxy groups -OCH3 is 1. The molecule has 0 radical (unpaired) electrons. The van der Waals surface area contributed by atoms with Crippen molar-refractivity contribution in [2.75, 3.05) is 13.7 Å². The van der Waals surface area contributed by atoms with E-state index in [0.717, 1.165) is 19.4 Å². The van der Waals surface area contributed by atoms with Crippen LogP contribution in [-0.2, 0) is 4.74 Å². The van der Waals surface area contributed by atoms with Crippen molar-refractivity contribution in [1.82, 2.24) is 0 Å². The monoisotopic (exact) mass is 200 g/mol. The standard InChI is InChI=1S/C12H24O2/c1-12(13,9-6-10-14-2)11-7-4-3-5-8-11/h11,13H,3-10H2,1-2H3. The second-order valence-corrected chi connectivity index (χ2v) is 4.79. The maximum Gasteiger partial charge on any atom is 0.0648 e. The Labute approximate surface area is 87.7 Å². The number of ether oxygens (including phenoxy) is 1. The molecule has 2 nitrogen and oxygen atoms in total.